The number of nitrogens with zero attached hydrogens (tertiary/aromatic N) is 2. The summed E-state index contributed by atoms with van der Waals surface area (Å²) < 4.78 is 70.0. The Morgan fingerprint density at radius 1 is 1.22 bits per heavy atom. The van der Waals surface area contributed by atoms with E-state index < -0.39 is 26.7 Å². The van der Waals surface area contributed by atoms with E-state index in [0.717, 1.165) is 22.5 Å². The van der Waals surface area contributed by atoms with Crippen LogP contribution in [0.1, 0.15) is 22.6 Å². The third kappa shape index (κ3) is 3.40. The maximum Gasteiger partial charge on any atom is 0.417 e. The first kappa shape index (κ1) is 17.5. The Kier molecular flexibility index (Phi) is 4.54. The van der Waals surface area contributed by atoms with Gasteiger partial charge in [-0.1, -0.05) is 17.3 Å². The van der Waals surface area contributed by atoms with Crippen molar-refractivity contribution < 1.29 is 26.1 Å². The fourth-order valence-corrected chi connectivity index (χ4v) is 3.48. The molecule has 0 saturated carbocycles. The number of alkyl halides is 3. The summed E-state index contributed by atoms with van der Waals surface area (Å²) in [5, 5.41) is 3.70. The van der Waals surface area contributed by atoms with E-state index in [1.807, 2.05) is 0 Å². The molecule has 0 aliphatic rings. The average molecular weight is 348 g/mol. The molecular formula is C14H15F3N2O3S. The van der Waals surface area contributed by atoms with Gasteiger partial charge >= 0.3 is 6.18 Å². The van der Waals surface area contributed by atoms with E-state index >= 15 is 0 Å². The first-order chi connectivity index (χ1) is 10.5. The predicted octanol–water partition coefficient (Wildman–Crippen LogP) is 3.13. The zero-order valence-corrected chi connectivity index (χ0v) is 13.5. The van der Waals surface area contributed by atoms with E-state index in [4.69, 9.17) is 4.52 Å². The minimum atomic E-state index is -4.76. The molecule has 23 heavy (non-hydrogen) atoms. The molecule has 0 bridgehead atoms. The summed E-state index contributed by atoms with van der Waals surface area (Å²) in [5.74, 6) is 0.425. The normalized spacial score (nSPS) is 12.8. The van der Waals surface area contributed by atoms with Crippen LogP contribution in [-0.2, 0) is 22.7 Å². The van der Waals surface area contributed by atoms with E-state index in [2.05, 4.69) is 5.16 Å². The predicted molar refractivity (Wildman–Crippen MR) is 76.1 cm³/mol. The van der Waals surface area contributed by atoms with Crippen LogP contribution in [0, 0.1) is 13.8 Å². The third-order valence-corrected chi connectivity index (χ3v) is 5.30. The van der Waals surface area contributed by atoms with Crippen molar-refractivity contribution in [2.24, 2.45) is 0 Å². The highest BCUT2D eigenvalue weighted by molar-refractivity contribution is 7.89. The van der Waals surface area contributed by atoms with Gasteiger partial charge in [0.15, 0.2) is 0 Å². The fraction of sp³-hybridized carbons (Fsp3) is 0.357. The summed E-state index contributed by atoms with van der Waals surface area (Å²) >= 11 is 0. The van der Waals surface area contributed by atoms with Crippen LogP contribution >= 0.6 is 0 Å². The Morgan fingerprint density at radius 2 is 1.83 bits per heavy atom. The molecule has 0 spiro atoms. The summed E-state index contributed by atoms with van der Waals surface area (Å²) in [6, 6.07) is 4.10. The lowest BCUT2D eigenvalue weighted by Crippen LogP contribution is -2.29. The Bertz CT molecular complexity index is 793. The highest BCUT2D eigenvalue weighted by Crippen LogP contribution is 2.35. The molecule has 0 atom stereocenters. The van der Waals surface area contributed by atoms with Gasteiger partial charge in [0.1, 0.15) is 5.76 Å². The van der Waals surface area contributed by atoms with Crippen molar-refractivity contribution in [2.45, 2.75) is 31.5 Å². The Labute approximate surface area is 131 Å². The van der Waals surface area contributed by atoms with Crippen LogP contribution in [0.5, 0.6) is 0 Å². The van der Waals surface area contributed by atoms with E-state index in [9.17, 15) is 21.6 Å². The van der Waals surface area contributed by atoms with Crippen LogP contribution in [0.4, 0.5) is 13.2 Å². The highest BCUT2D eigenvalue weighted by atomic mass is 32.2. The number of benzene rings is 1. The summed E-state index contributed by atoms with van der Waals surface area (Å²) in [6.07, 6.45) is -4.76. The second-order valence-electron chi connectivity index (χ2n) is 5.06. The molecule has 0 amide bonds. The molecule has 2 rings (SSSR count). The van der Waals surface area contributed by atoms with Crippen molar-refractivity contribution in [2.75, 3.05) is 7.05 Å². The molecule has 2 aromatic rings. The van der Waals surface area contributed by atoms with Crippen LogP contribution in [0.25, 0.3) is 0 Å². The Morgan fingerprint density at radius 3 is 2.35 bits per heavy atom. The second-order valence-corrected chi connectivity index (χ2v) is 7.07. The fourth-order valence-electron chi connectivity index (χ4n) is 2.13. The van der Waals surface area contributed by atoms with Gasteiger partial charge in [-0.15, -0.1) is 0 Å². The first-order valence-electron chi connectivity index (χ1n) is 6.59. The highest BCUT2D eigenvalue weighted by Gasteiger charge is 2.38. The largest absolute Gasteiger partial charge is 0.417 e. The maximum absolute atomic E-state index is 13.0. The van der Waals surface area contributed by atoms with Gasteiger partial charge in [0.2, 0.25) is 10.0 Å². The van der Waals surface area contributed by atoms with Crippen LogP contribution < -0.4 is 0 Å². The zero-order valence-electron chi connectivity index (χ0n) is 12.7. The van der Waals surface area contributed by atoms with E-state index in [0.29, 0.717) is 17.0 Å². The van der Waals surface area contributed by atoms with Gasteiger partial charge in [0.05, 0.1) is 16.2 Å². The summed E-state index contributed by atoms with van der Waals surface area (Å²) in [6.45, 7) is 3.12. The van der Waals surface area contributed by atoms with Gasteiger partial charge < -0.3 is 4.52 Å². The van der Waals surface area contributed by atoms with Crippen LogP contribution in [0.3, 0.4) is 0 Å². The van der Waals surface area contributed by atoms with Crippen molar-refractivity contribution in [3.05, 3.63) is 46.8 Å². The topological polar surface area (TPSA) is 63.4 Å². The number of aromatic nitrogens is 1. The van der Waals surface area contributed by atoms with Gasteiger partial charge in [-0.05, 0) is 26.0 Å². The van der Waals surface area contributed by atoms with Crippen molar-refractivity contribution in [3.63, 3.8) is 0 Å². The molecule has 1 heterocycles. The number of aryl methyl sites for hydroxylation is 2. The lowest BCUT2D eigenvalue weighted by atomic mass is 10.2. The van der Waals surface area contributed by atoms with Gasteiger partial charge in [-0.3, -0.25) is 0 Å². The van der Waals surface area contributed by atoms with E-state index in [1.54, 1.807) is 13.8 Å². The van der Waals surface area contributed by atoms with Crippen LogP contribution in [-0.4, -0.2) is 24.9 Å². The zero-order chi connectivity index (χ0) is 17.4. The number of hydrogen-bond acceptors (Lipinski definition) is 4. The number of halogens is 3. The van der Waals surface area contributed by atoms with Crippen molar-refractivity contribution in [1.29, 1.82) is 0 Å². The quantitative estimate of drug-likeness (QED) is 0.852. The molecule has 0 unspecified atom stereocenters. The number of sulfonamides is 1. The molecular weight excluding hydrogens is 333 g/mol. The van der Waals surface area contributed by atoms with Gasteiger partial charge in [-0.2, -0.15) is 17.5 Å². The molecule has 0 aliphatic carbocycles. The minimum absolute atomic E-state index is 0.129. The van der Waals surface area contributed by atoms with Crippen LogP contribution in [0.15, 0.2) is 33.7 Å². The summed E-state index contributed by atoms with van der Waals surface area (Å²) in [5.41, 5.74) is -0.167. The Balaban J connectivity index is 2.43. The molecule has 0 radical (unpaired) electrons. The average Bonchev–Trinajstić information content (AvgIpc) is 2.78. The lowest BCUT2D eigenvalue weighted by Gasteiger charge is -2.20. The van der Waals surface area contributed by atoms with Gasteiger partial charge in [-0.25, -0.2) is 8.42 Å². The molecule has 0 saturated heterocycles. The Hall–Kier alpha value is -1.87. The molecule has 1 aromatic carbocycles. The smallest absolute Gasteiger partial charge is 0.361 e. The monoisotopic (exact) mass is 348 g/mol. The minimum Gasteiger partial charge on any atom is -0.361 e. The van der Waals surface area contributed by atoms with Crippen LogP contribution in [0.2, 0.25) is 0 Å². The molecule has 1 aromatic heterocycles. The van der Waals surface area contributed by atoms with Crippen molar-refractivity contribution in [3.8, 4) is 0 Å². The number of hydrogen-bond donors (Lipinski definition) is 0. The molecule has 0 aliphatic heterocycles. The van der Waals surface area contributed by atoms with E-state index in [-0.39, 0.29) is 6.54 Å². The molecule has 9 heteroatoms. The summed E-state index contributed by atoms with van der Waals surface area (Å²) in [4.78, 5) is -0.776. The standard InChI is InChI=1S/C14H15F3N2O3S/c1-9-11(10(2)22-18-9)8-19(3)23(20,21)13-7-5-4-6-12(13)14(15,16)17/h4-7H,8H2,1-3H3. The lowest BCUT2D eigenvalue weighted by molar-refractivity contribution is -0.139. The molecule has 0 fully saturated rings. The van der Waals surface area contributed by atoms with Gasteiger partial charge in [0.25, 0.3) is 0 Å². The maximum atomic E-state index is 13.0. The van der Waals surface area contributed by atoms with Crippen molar-refractivity contribution in [1.82, 2.24) is 9.46 Å². The molecule has 5 nitrogen and oxygen atoms in total. The number of rotatable bonds is 4. The molecule has 0 N–H and O–H groups in total. The third-order valence-electron chi connectivity index (χ3n) is 3.44. The summed E-state index contributed by atoms with van der Waals surface area (Å²) in [7, 11) is -3.10. The first-order valence-corrected chi connectivity index (χ1v) is 8.03. The molecule has 126 valence electrons. The SMILES string of the molecule is Cc1noc(C)c1CN(C)S(=O)(=O)c1ccccc1C(F)(F)F. The van der Waals surface area contributed by atoms with Crippen molar-refractivity contribution >= 4 is 10.0 Å². The van der Waals surface area contributed by atoms with Gasteiger partial charge in [0, 0.05) is 19.2 Å². The second kappa shape index (κ2) is 5.97. The van der Waals surface area contributed by atoms with E-state index in [1.165, 1.54) is 13.1 Å².